The molecule has 1 aliphatic heterocycles. The third-order valence-electron chi connectivity index (χ3n) is 3.90. The fourth-order valence-corrected chi connectivity index (χ4v) is 3.13. The molecule has 1 heteroatoms. The topological polar surface area (TPSA) is 3.24 Å². The van der Waals surface area contributed by atoms with Crippen molar-refractivity contribution in [2.24, 2.45) is 5.92 Å². The predicted octanol–water partition coefficient (Wildman–Crippen LogP) is 3.63. The van der Waals surface area contributed by atoms with Crippen LogP contribution in [0.4, 0.5) is 5.69 Å². The molecule has 0 aromatic heterocycles. The molecule has 0 amide bonds. The van der Waals surface area contributed by atoms with Crippen LogP contribution in [0.15, 0.2) is 24.3 Å². The van der Waals surface area contributed by atoms with E-state index in [1.54, 1.807) is 5.56 Å². The predicted molar refractivity (Wildman–Crippen MR) is 68.9 cm³/mol. The van der Waals surface area contributed by atoms with Crippen LogP contribution in [0.2, 0.25) is 0 Å². The first-order chi connectivity index (χ1) is 7.57. The summed E-state index contributed by atoms with van der Waals surface area (Å²) in [5, 5.41) is 0. The Kier molecular flexibility index (Phi) is 2.07. The zero-order valence-corrected chi connectivity index (χ0v) is 10.5. The zero-order chi connectivity index (χ0) is 11.3. The number of nitrogens with zero attached hydrogens (tertiary/aromatic N) is 1. The van der Waals surface area contributed by atoms with Crippen LogP contribution >= 0.6 is 0 Å². The highest BCUT2D eigenvalue weighted by molar-refractivity contribution is 5.61. The summed E-state index contributed by atoms with van der Waals surface area (Å²) < 4.78 is 0. The van der Waals surface area contributed by atoms with Gasteiger partial charge in [-0.2, -0.15) is 0 Å². The molecule has 1 nitrogen and oxygen atoms in total. The van der Waals surface area contributed by atoms with Crippen LogP contribution in [0.25, 0.3) is 0 Å². The van der Waals surface area contributed by atoms with E-state index in [9.17, 15) is 0 Å². The van der Waals surface area contributed by atoms with Crippen molar-refractivity contribution in [2.45, 2.75) is 51.6 Å². The van der Waals surface area contributed by atoms with Crippen LogP contribution in [-0.2, 0) is 6.42 Å². The van der Waals surface area contributed by atoms with Crippen LogP contribution in [-0.4, -0.2) is 11.6 Å². The Morgan fingerprint density at radius 2 is 1.81 bits per heavy atom. The van der Waals surface area contributed by atoms with Crippen LogP contribution in [0, 0.1) is 5.92 Å². The number of anilines is 1. The SMILES string of the molecule is CC(C)(C)N1c2ccccc2CC1C1CC1. The van der Waals surface area contributed by atoms with Gasteiger partial charge >= 0.3 is 0 Å². The molecule has 1 aromatic rings. The summed E-state index contributed by atoms with van der Waals surface area (Å²) in [6.07, 6.45) is 4.13. The molecule has 16 heavy (non-hydrogen) atoms. The molecule has 0 saturated heterocycles. The summed E-state index contributed by atoms with van der Waals surface area (Å²) in [6.45, 7) is 7.01. The van der Waals surface area contributed by atoms with E-state index in [2.05, 4.69) is 49.9 Å². The normalized spacial score (nSPS) is 24.7. The van der Waals surface area contributed by atoms with E-state index in [0.29, 0.717) is 0 Å². The van der Waals surface area contributed by atoms with Gasteiger partial charge in [0.2, 0.25) is 0 Å². The first-order valence-corrected chi connectivity index (χ1v) is 6.44. The first-order valence-electron chi connectivity index (χ1n) is 6.44. The Morgan fingerprint density at radius 3 is 2.44 bits per heavy atom. The Balaban J connectivity index is 2.02. The smallest absolute Gasteiger partial charge is 0.0406 e. The van der Waals surface area contributed by atoms with Crippen molar-refractivity contribution in [3.05, 3.63) is 29.8 Å². The van der Waals surface area contributed by atoms with Gasteiger partial charge < -0.3 is 4.90 Å². The Bertz CT molecular complexity index is 398. The largest absolute Gasteiger partial charge is 0.363 e. The molecule has 1 heterocycles. The number of benzene rings is 1. The minimum absolute atomic E-state index is 0.250. The van der Waals surface area contributed by atoms with Crippen molar-refractivity contribution in [1.82, 2.24) is 0 Å². The van der Waals surface area contributed by atoms with Gasteiger partial charge in [0.25, 0.3) is 0 Å². The highest BCUT2D eigenvalue weighted by Crippen LogP contribution is 2.46. The van der Waals surface area contributed by atoms with E-state index in [4.69, 9.17) is 0 Å². The second-order valence-electron chi connectivity index (χ2n) is 6.28. The molecule has 1 aromatic carbocycles. The molecule has 1 fully saturated rings. The molecule has 2 aliphatic rings. The number of hydrogen-bond acceptors (Lipinski definition) is 1. The highest BCUT2D eigenvalue weighted by Gasteiger charge is 2.43. The molecule has 1 unspecified atom stereocenters. The first kappa shape index (κ1) is 10.2. The summed E-state index contributed by atoms with van der Waals surface area (Å²) in [5.74, 6) is 0.951. The Morgan fingerprint density at radius 1 is 1.12 bits per heavy atom. The van der Waals surface area contributed by atoms with Gasteiger partial charge in [0.1, 0.15) is 0 Å². The maximum absolute atomic E-state index is 2.67. The molecule has 1 atom stereocenters. The molecule has 1 saturated carbocycles. The van der Waals surface area contributed by atoms with Gasteiger partial charge in [0.05, 0.1) is 0 Å². The molecule has 86 valence electrons. The molecular formula is C15H21N. The summed E-state index contributed by atoms with van der Waals surface area (Å²) in [6, 6.07) is 9.71. The van der Waals surface area contributed by atoms with Crippen molar-refractivity contribution < 1.29 is 0 Å². The van der Waals surface area contributed by atoms with Crippen LogP contribution in [0.3, 0.4) is 0 Å². The number of hydrogen-bond donors (Lipinski definition) is 0. The highest BCUT2D eigenvalue weighted by atomic mass is 15.2. The lowest BCUT2D eigenvalue weighted by atomic mass is 10.0. The van der Waals surface area contributed by atoms with Crippen LogP contribution in [0.5, 0.6) is 0 Å². The maximum Gasteiger partial charge on any atom is 0.0406 e. The van der Waals surface area contributed by atoms with Crippen LogP contribution < -0.4 is 4.90 Å². The van der Waals surface area contributed by atoms with Gasteiger partial charge in [-0.15, -0.1) is 0 Å². The summed E-state index contributed by atoms with van der Waals surface area (Å²) >= 11 is 0. The van der Waals surface area contributed by atoms with Gasteiger partial charge in [0, 0.05) is 17.3 Å². The number of fused-ring (bicyclic) bond motifs is 1. The number of para-hydroxylation sites is 1. The Hall–Kier alpha value is -0.980. The van der Waals surface area contributed by atoms with E-state index in [1.807, 2.05) is 0 Å². The standard InChI is InChI=1S/C15H21N/c1-15(2,3)16-13-7-5-4-6-12(13)10-14(16)11-8-9-11/h4-7,11,14H,8-10H2,1-3H3. The van der Waals surface area contributed by atoms with E-state index < -0.39 is 0 Å². The summed E-state index contributed by atoms with van der Waals surface area (Å²) in [4.78, 5) is 2.67. The molecule has 3 rings (SSSR count). The van der Waals surface area contributed by atoms with Gasteiger partial charge in [-0.1, -0.05) is 18.2 Å². The lowest BCUT2D eigenvalue weighted by molar-refractivity contribution is 0.426. The number of rotatable bonds is 1. The van der Waals surface area contributed by atoms with E-state index >= 15 is 0 Å². The average Bonchev–Trinajstić information content (AvgIpc) is 2.96. The minimum Gasteiger partial charge on any atom is -0.363 e. The third kappa shape index (κ3) is 1.53. The lowest BCUT2D eigenvalue weighted by Gasteiger charge is -2.40. The van der Waals surface area contributed by atoms with Crippen molar-refractivity contribution >= 4 is 5.69 Å². The van der Waals surface area contributed by atoms with Crippen LogP contribution in [0.1, 0.15) is 39.2 Å². The van der Waals surface area contributed by atoms with Gasteiger partial charge in [-0.3, -0.25) is 0 Å². The molecule has 0 N–H and O–H groups in total. The maximum atomic E-state index is 2.67. The van der Waals surface area contributed by atoms with E-state index in [0.717, 1.165) is 12.0 Å². The molecule has 1 aliphatic carbocycles. The fraction of sp³-hybridized carbons (Fsp3) is 0.600. The van der Waals surface area contributed by atoms with Crippen molar-refractivity contribution in [3.63, 3.8) is 0 Å². The van der Waals surface area contributed by atoms with Gasteiger partial charge in [0.15, 0.2) is 0 Å². The van der Waals surface area contributed by atoms with E-state index in [-0.39, 0.29) is 5.54 Å². The minimum atomic E-state index is 0.250. The van der Waals surface area contributed by atoms with Crippen molar-refractivity contribution in [1.29, 1.82) is 0 Å². The second-order valence-corrected chi connectivity index (χ2v) is 6.28. The molecule has 0 bridgehead atoms. The van der Waals surface area contributed by atoms with Gasteiger partial charge in [-0.05, 0) is 57.6 Å². The van der Waals surface area contributed by atoms with Crippen molar-refractivity contribution in [3.8, 4) is 0 Å². The fourth-order valence-electron chi connectivity index (χ4n) is 3.13. The second kappa shape index (κ2) is 3.26. The van der Waals surface area contributed by atoms with Gasteiger partial charge in [-0.25, -0.2) is 0 Å². The monoisotopic (exact) mass is 215 g/mol. The lowest BCUT2D eigenvalue weighted by Crippen LogP contribution is -2.47. The quantitative estimate of drug-likeness (QED) is 0.691. The molecular weight excluding hydrogens is 194 g/mol. The van der Waals surface area contributed by atoms with Crippen molar-refractivity contribution in [2.75, 3.05) is 4.90 Å². The third-order valence-corrected chi connectivity index (χ3v) is 3.90. The zero-order valence-electron chi connectivity index (χ0n) is 10.5. The average molecular weight is 215 g/mol. The summed E-state index contributed by atoms with van der Waals surface area (Å²) in [5.41, 5.74) is 3.28. The summed E-state index contributed by atoms with van der Waals surface area (Å²) in [7, 11) is 0. The van der Waals surface area contributed by atoms with E-state index in [1.165, 1.54) is 24.9 Å². The Labute approximate surface area is 98.5 Å². The molecule has 0 spiro atoms. The molecule has 0 radical (unpaired) electrons.